The highest BCUT2D eigenvalue weighted by Gasteiger charge is 2.30. The number of benzene rings is 1. The highest BCUT2D eigenvalue weighted by Crippen LogP contribution is 2.42. The van der Waals surface area contributed by atoms with E-state index in [-0.39, 0.29) is 11.5 Å². The average molecular weight is 364 g/mol. The lowest BCUT2D eigenvalue weighted by Gasteiger charge is -2.07. The van der Waals surface area contributed by atoms with Gasteiger partial charge in [0.05, 0.1) is 15.7 Å². The second-order valence-electron chi connectivity index (χ2n) is 5.36. The Hall–Kier alpha value is -2.15. The van der Waals surface area contributed by atoms with Gasteiger partial charge in [-0.2, -0.15) is 5.10 Å². The van der Waals surface area contributed by atoms with Gasteiger partial charge in [-0.25, -0.2) is 4.79 Å². The van der Waals surface area contributed by atoms with Crippen LogP contribution in [0.4, 0.5) is 5.69 Å². The molecular formula is C15H14BrN3O3. The molecule has 3 N–H and O–H groups in total. The number of aryl methyl sites for hydroxylation is 1. The third-order valence-electron chi connectivity index (χ3n) is 3.65. The predicted molar refractivity (Wildman–Crippen MR) is 84.4 cm³/mol. The summed E-state index contributed by atoms with van der Waals surface area (Å²) in [4.78, 5) is 23.3. The topological polar surface area (TPSA) is 95.1 Å². The van der Waals surface area contributed by atoms with Crippen molar-refractivity contribution in [1.29, 1.82) is 0 Å². The molecule has 3 rings (SSSR count). The van der Waals surface area contributed by atoms with Crippen LogP contribution in [-0.2, 0) is 0 Å². The minimum absolute atomic E-state index is 0.218. The van der Waals surface area contributed by atoms with Crippen molar-refractivity contribution in [3.8, 4) is 0 Å². The first-order chi connectivity index (χ1) is 10.5. The van der Waals surface area contributed by atoms with Crippen LogP contribution in [0.15, 0.2) is 22.7 Å². The maximum absolute atomic E-state index is 12.3. The van der Waals surface area contributed by atoms with E-state index in [1.165, 1.54) is 6.07 Å². The van der Waals surface area contributed by atoms with Crippen molar-refractivity contribution in [2.75, 3.05) is 5.32 Å². The number of carbonyl (C=O) groups is 2. The van der Waals surface area contributed by atoms with Gasteiger partial charge in [0, 0.05) is 11.6 Å². The number of carbonyl (C=O) groups excluding carboxylic acids is 1. The van der Waals surface area contributed by atoms with Gasteiger partial charge < -0.3 is 10.4 Å². The molecule has 0 spiro atoms. The van der Waals surface area contributed by atoms with Crippen LogP contribution in [0.5, 0.6) is 0 Å². The minimum Gasteiger partial charge on any atom is -0.478 e. The monoisotopic (exact) mass is 363 g/mol. The van der Waals surface area contributed by atoms with Gasteiger partial charge >= 0.3 is 5.97 Å². The van der Waals surface area contributed by atoms with Crippen LogP contribution in [0.25, 0.3) is 0 Å². The summed E-state index contributed by atoms with van der Waals surface area (Å²) in [6.45, 7) is 1.69. The van der Waals surface area contributed by atoms with Gasteiger partial charge in [0.25, 0.3) is 5.91 Å². The molecule has 0 atom stereocenters. The van der Waals surface area contributed by atoms with Crippen molar-refractivity contribution in [3.05, 3.63) is 45.2 Å². The Morgan fingerprint density at radius 2 is 2.14 bits per heavy atom. The molecule has 1 saturated carbocycles. The zero-order valence-corrected chi connectivity index (χ0v) is 13.4. The predicted octanol–water partition coefficient (Wildman–Crippen LogP) is 3.31. The summed E-state index contributed by atoms with van der Waals surface area (Å²) in [5, 5.41) is 18.7. The Bertz CT molecular complexity index is 765. The molecular weight excluding hydrogens is 350 g/mol. The number of amides is 1. The minimum atomic E-state index is -0.987. The maximum Gasteiger partial charge on any atom is 0.335 e. The molecule has 1 aliphatic rings. The highest BCUT2D eigenvalue weighted by molar-refractivity contribution is 9.10. The molecule has 1 aliphatic carbocycles. The van der Waals surface area contributed by atoms with Gasteiger partial charge in [-0.15, -0.1) is 0 Å². The molecule has 1 amide bonds. The van der Waals surface area contributed by atoms with E-state index in [2.05, 4.69) is 31.4 Å². The van der Waals surface area contributed by atoms with Gasteiger partial charge in [-0.3, -0.25) is 9.89 Å². The van der Waals surface area contributed by atoms with Gasteiger partial charge in [0.15, 0.2) is 5.69 Å². The molecule has 114 valence electrons. The molecule has 2 aromatic rings. The quantitative estimate of drug-likeness (QED) is 0.776. The molecule has 0 unspecified atom stereocenters. The third-order valence-corrected chi connectivity index (χ3v) is 4.45. The number of aromatic amines is 1. The number of nitrogens with one attached hydrogen (secondary N) is 2. The number of rotatable bonds is 4. The van der Waals surface area contributed by atoms with E-state index in [9.17, 15) is 9.59 Å². The van der Waals surface area contributed by atoms with Crippen LogP contribution in [0.1, 0.15) is 50.9 Å². The van der Waals surface area contributed by atoms with Gasteiger partial charge in [-0.05, 0) is 59.5 Å². The normalized spacial score (nSPS) is 13.9. The fourth-order valence-electron chi connectivity index (χ4n) is 2.31. The number of aromatic nitrogens is 2. The summed E-state index contributed by atoms with van der Waals surface area (Å²) in [5.74, 6) is -0.863. The third kappa shape index (κ3) is 2.76. The first kappa shape index (κ1) is 14.8. The van der Waals surface area contributed by atoms with Crippen molar-refractivity contribution in [2.45, 2.75) is 25.7 Å². The van der Waals surface area contributed by atoms with E-state index in [1.807, 2.05) is 0 Å². The molecule has 1 fully saturated rings. The first-order valence-electron chi connectivity index (χ1n) is 6.86. The molecule has 0 radical (unpaired) electrons. The Morgan fingerprint density at radius 1 is 1.41 bits per heavy atom. The zero-order valence-electron chi connectivity index (χ0n) is 11.8. The molecule has 0 aliphatic heterocycles. The molecule has 0 saturated heterocycles. The summed E-state index contributed by atoms with van der Waals surface area (Å²) in [5.41, 5.74) is 2.61. The fraction of sp³-hybridized carbons (Fsp3) is 0.267. The smallest absolute Gasteiger partial charge is 0.335 e. The Labute approximate surface area is 135 Å². The lowest BCUT2D eigenvalue weighted by molar-refractivity contribution is 0.0696. The summed E-state index contributed by atoms with van der Waals surface area (Å²) < 4.78 is 0.700. The van der Waals surface area contributed by atoms with Crippen LogP contribution in [0.3, 0.4) is 0 Å². The van der Waals surface area contributed by atoms with Gasteiger partial charge in [0.2, 0.25) is 0 Å². The highest BCUT2D eigenvalue weighted by atomic mass is 79.9. The number of hydrogen-bond acceptors (Lipinski definition) is 3. The number of hydrogen-bond donors (Lipinski definition) is 3. The average Bonchev–Trinajstić information content (AvgIpc) is 3.21. The second kappa shape index (κ2) is 5.57. The fourth-order valence-corrected chi connectivity index (χ4v) is 2.99. The SMILES string of the molecule is Cc1cc(NC(=O)c2n[nH]c(C3CC3)c2Br)ccc1C(=O)O. The van der Waals surface area contributed by atoms with Crippen molar-refractivity contribution in [3.63, 3.8) is 0 Å². The molecule has 1 aromatic carbocycles. The number of carboxylic acid groups (broad SMARTS) is 1. The Morgan fingerprint density at radius 3 is 2.73 bits per heavy atom. The Balaban J connectivity index is 1.79. The van der Waals surface area contributed by atoms with Crippen molar-refractivity contribution in [2.24, 2.45) is 0 Å². The van der Waals surface area contributed by atoms with E-state index >= 15 is 0 Å². The lowest BCUT2D eigenvalue weighted by atomic mass is 10.1. The number of halogens is 1. The number of H-pyrrole nitrogens is 1. The summed E-state index contributed by atoms with van der Waals surface area (Å²) in [6, 6.07) is 4.67. The maximum atomic E-state index is 12.3. The Kier molecular flexibility index (Phi) is 3.74. The van der Waals surface area contributed by atoms with Crippen LogP contribution >= 0.6 is 15.9 Å². The summed E-state index contributed by atoms with van der Waals surface area (Å²) in [6.07, 6.45) is 2.22. The molecule has 22 heavy (non-hydrogen) atoms. The van der Waals surface area contributed by atoms with Crippen molar-refractivity contribution in [1.82, 2.24) is 10.2 Å². The summed E-state index contributed by atoms with van der Waals surface area (Å²) in [7, 11) is 0. The zero-order chi connectivity index (χ0) is 15.9. The van der Waals surface area contributed by atoms with Crippen molar-refractivity contribution >= 4 is 33.5 Å². The van der Waals surface area contributed by atoms with E-state index < -0.39 is 5.97 Å². The van der Waals surface area contributed by atoms with E-state index in [0.717, 1.165) is 18.5 Å². The number of carboxylic acids is 1. The first-order valence-corrected chi connectivity index (χ1v) is 7.65. The molecule has 6 nitrogen and oxygen atoms in total. The molecule has 1 aromatic heterocycles. The number of anilines is 1. The molecule has 1 heterocycles. The summed E-state index contributed by atoms with van der Waals surface area (Å²) >= 11 is 3.42. The number of nitrogens with zero attached hydrogens (tertiary/aromatic N) is 1. The van der Waals surface area contributed by atoms with Crippen LogP contribution in [0.2, 0.25) is 0 Å². The van der Waals surface area contributed by atoms with Gasteiger partial charge in [-0.1, -0.05) is 0 Å². The van der Waals surface area contributed by atoms with Crippen LogP contribution in [-0.4, -0.2) is 27.2 Å². The second-order valence-corrected chi connectivity index (χ2v) is 6.16. The molecule has 7 heteroatoms. The largest absolute Gasteiger partial charge is 0.478 e. The number of aromatic carboxylic acids is 1. The van der Waals surface area contributed by atoms with E-state index in [0.29, 0.717) is 27.3 Å². The van der Waals surface area contributed by atoms with E-state index in [1.54, 1.807) is 19.1 Å². The van der Waals surface area contributed by atoms with Crippen LogP contribution < -0.4 is 5.32 Å². The van der Waals surface area contributed by atoms with E-state index in [4.69, 9.17) is 5.11 Å². The van der Waals surface area contributed by atoms with Crippen LogP contribution in [0, 0.1) is 6.92 Å². The molecule has 0 bridgehead atoms. The lowest BCUT2D eigenvalue weighted by Crippen LogP contribution is -2.13. The van der Waals surface area contributed by atoms with Crippen molar-refractivity contribution < 1.29 is 14.7 Å². The standard InChI is InChI=1S/C15H14BrN3O3/c1-7-6-9(4-5-10(7)15(21)22)17-14(20)13-11(16)12(18-19-13)8-2-3-8/h4-6,8H,2-3H2,1H3,(H,17,20)(H,18,19)(H,21,22). The van der Waals surface area contributed by atoms with Gasteiger partial charge in [0.1, 0.15) is 0 Å².